The molecule has 0 radical (unpaired) electrons. The average Bonchev–Trinajstić information content (AvgIpc) is 3.38. The number of hydrogen-bond acceptors (Lipinski definition) is 4. The lowest BCUT2D eigenvalue weighted by atomic mass is 9.93. The Morgan fingerprint density at radius 1 is 1.00 bits per heavy atom. The van der Waals surface area contributed by atoms with E-state index in [2.05, 4.69) is 0 Å². The predicted octanol–water partition coefficient (Wildman–Crippen LogP) is 7.36. The molecule has 1 aromatic heterocycles. The number of thiophene rings is 1. The Bertz CT molecular complexity index is 1410. The molecular weight excluding hydrogens is 617 g/mol. The van der Waals surface area contributed by atoms with Crippen molar-refractivity contribution in [2.75, 3.05) is 33.4 Å². The molecule has 0 aliphatic carbocycles. The Labute approximate surface area is 245 Å². The molecule has 2 amide bonds. The standard InChI is InChI=1S/C27H22Cl2F6N2O3S/c1-40-8-7-36(25(39)15-10-16(26(30,31)32)12-17(11-15)27(33,34)35)14-23(38)37-6-4-22-20(5-9-41-22)24(37)19-3-2-18(28)13-21(19)29/h2-3,5,9-13,24H,4,6-8,14H2,1H3. The number of hydrogen-bond donors (Lipinski definition) is 0. The summed E-state index contributed by atoms with van der Waals surface area (Å²) in [5.41, 5.74) is -2.72. The van der Waals surface area contributed by atoms with Crippen LogP contribution in [0, 0.1) is 0 Å². The zero-order valence-corrected chi connectivity index (χ0v) is 23.6. The summed E-state index contributed by atoms with van der Waals surface area (Å²) in [4.78, 5) is 30.5. The summed E-state index contributed by atoms with van der Waals surface area (Å²) in [5.74, 6) is -1.76. The number of rotatable bonds is 7. The van der Waals surface area contributed by atoms with Gasteiger partial charge in [0.15, 0.2) is 0 Å². The monoisotopic (exact) mass is 638 g/mol. The SMILES string of the molecule is COCCN(CC(=O)N1CCc2sccc2C1c1ccc(Cl)cc1Cl)C(=O)c1cc(C(F)(F)F)cc(C(F)(F)F)c1. The number of alkyl halides is 6. The van der Waals surface area contributed by atoms with Gasteiger partial charge in [0, 0.05) is 40.7 Å². The van der Waals surface area contributed by atoms with Gasteiger partial charge in [0.05, 0.1) is 23.8 Å². The zero-order chi connectivity index (χ0) is 30.1. The summed E-state index contributed by atoms with van der Waals surface area (Å²) in [6, 6.07) is 6.66. The minimum atomic E-state index is -5.14. The van der Waals surface area contributed by atoms with E-state index in [1.54, 1.807) is 12.1 Å². The van der Waals surface area contributed by atoms with Crippen molar-refractivity contribution < 1.29 is 40.7 Å². The van der Waals surface area contributed by atoms with E-state index in [1.807, 2.05) is 11.4 Å². The molecule has 1 atom stereocenters. The Kier molecular flexibility index (Phi) is 9.27. The van der Waals surface area contributed by atoms with Crippen molar-refractivity contribution in [3.05, 3.63) is 90.6 Å². The maximum absolute atomic E-state index is 13.7. The minimum Gasteiger partial charge on any atom is -0.383 e. The van der Waals surface area contributed by atoms with E-state index in [0.717, 1.165) is 15.3 Å². The van der Waals surface area contributed by atoms with Crippen molar-refractivity contribution in [2.24, 2.45) is 0 Å². The van der Waals surface area contributed by atoms with Crippen LogP contribution in [0.2, 0.25) is 10.0 Å². The molecule has 3 aromatic rings. The normalized spacial score (nSPS) is 15.5. The first kappa shape index (κ1) is 31.1. The van der Waals surface area contributed by atoms with Gasteiger partial charge in [-0.15, -0.1) is 11.3 Å². The van der Waals surface area contributed by atoms with Gasteiger partial charge in [0.2, 0.25) is 5.91 Å². The van der Waals surface area contributed by atoms with Crippen molar-refractivity contribution in [2.45, 2.75) is 24.8 Å². The summed E-state index contributed by atoms with van der Waals surface area (Å²) in [6.07, 6.45) is -9.77. The summed E-state index contributed by atoms with van der Waals surface area (Å²) in [5, 5.41) is 2.55. The number of benzene rings is 2. The number of halogens is 8. The van der Waals surface area contributed by atoms with Crippen LogP contribution in [0.25, 0.3) is 0 Å². The fraction of sp³-hybridized carbons (Fsp3) is 0.333. The highest BCUT2D eigenvalue weighted by Gasteiger charge is 2.39. The van der Waals surface area contributed by atoms with Crippen LogP contribution >= 0.6 is 34.5 Å². The van der Waals surface area contributed by atoms with Crippen LogP contribution in [-0.2, 0) is 28.3 Å². The molecule has 4 rings (SSSR count). The van der Waals surface area contributed by atoms with Gasteiger partial charge in [-0.25, -0.2) is 0 Å². The Morgan fingerprint density at radius 2 is 1.66 bits per heavy atom. The molecule has 0 spiro atoms. The Morgan fingerprint density at radius 3 is 2.24 bits per heavy atom. The molecule has 220 valence electrons. The van der Waals surface area contributed by atoms with Crippen LogP contribution in [0.1, 0.15) is 43.5 Å². The van der Waals surface area contributed by atoms with Gasteiger partial charge in [0.1, 0.15) is 6.54 Å². The number of methoxy groups -OCH3 is 1. The van der Waals surface area contributed by atoms with Crippen molar-refractivity contribution in [1.29, 1.82) is 0 Å². The van der Waals surface area contributed by atoms with E-state index in [1.165, 1.54) is 29.4 Å². The van der Waals surface area contributed by atoms with Gasteiger partial charge in [-0.2, -0.15) is 26.3 Å². The number of ether oxygens (including phenoxy) is 1. The first-order valence-electron chi connectivity index (χ1n) is 12.1. The smallest absolute Gasteiger partial charge is 0.383 e. The number of amides is 2. The molecule has 1 unspecified atom stereocenters. The highest BCUT2D eigenvalue weighted by Crippen LogP contribution is 2.41. The molecule has 1 aliphatic heterocycles. The fourth-order valence-electron chi connectivity index (χ4n) is 4.61. The van der Waals surface area contributed by atoms with Crippen molar-refractivity contribution in [1.82, 2.24) is 9.80 Å². The van der Waals surface area contributed by atoms with E-state index >= 15 is 0 Å². The molecule has 14 heteroatoms. The highest BCUT2D eigenvalue weighted by atomic mass is 35.5. The van der Waals surface area contributed by atoms with E-state index in [-0.39, 0.29) is 25.8 Å². The van der Waals surface area contributed by atoms with Crippen molar-refractivity contribution >= 4 is 46.4 Å². The van der Waals surface area contributed by atoms with E-state index in [9.17, 15) is 35.9 Å². The number of carbonyl (C=O) groups excluding carboxylic acids is 2. The van der Waals surface area contributed by atoms with Crippen LogP contribution in [0.3, 0.4) is 0 Å². The molecular formula is C27H22Cl2F6N2O3S. The quantitative estimate of drug-likeness (QED) is 0.254. The lowest BCUT2D eigenvalue weighted by Gasteiger charge is -2.38. The van der Waals surface area contributed by atoms with Crippen LogP contribution in [0.4, 0.5) is 26.3 Å². The van der Waals surface area contributed by atoms with Gasteiger partial charge >= 0.3 is 12.4 Å². The zero-order valence-electron chi connectivity index (χ0n) is 21.3. The molecule has 0 bridgehead atoms. The summed E-state index contributed by atoms with van der Waals surface area (Å²) in [6.45, 7) is -0.765. The topological polar surface area (TPSA) is 49.9 Å². The number of fused-ring (bicyclic) bond motifs is 1. The molecule has 0 N–H and O–H groups in total. The third-order valence-corrected chi connectivity index (χ3v) is 8.12. The predicted molar refractivity (Wildman–Crippen MR) is 142 cm³/mol. The summed E-state index contributed by atoms with van der Waals surface area (Å²) in [7, 11) is 1.30. The van der Waals surface area contributed by atoms with Crippen molar-refractivity contribution in [3.8, 4) is 0 Å². The maximum atomic E-state index is 13.7. The third-order valence-electron chi connectivity index (χ3n) is 6.56. The minimum absolute atomic E-state index is 0.0615. The third kappa shape index (κ3) is 6.99. The Balaban J connectivity index is 1.69. The fourth-order valence-corrected chi connectivity index (χ4v) is 6.03. The van der Waals surface area contributed by atoms with Crippen LogP contribution in [-0.4, -0.2) is 55.0 Å². The van der Waals surface area contributed by atoms with Crippen molar-refractivity contribution in [3.63, 3.8) is 0 Å². The van der Waals surface area contributed by atoms with E-state index in [4.69, 9.17) is 27.9 Å². The lowest BCUT2D eigenvalue weighted by Crippen LogP contribution is -2.47. The molecule has 1 aliphatic rings. The maximum Gasteiger partial charge on any atom is 0.416 e. The first-order valence-corrected chi connectivity index (χ1v) is 13.7. The lowest BCUT2D eigenvalue weighted by molar-refractivity contribution is -0.143. The first-order chi connectivity index (χ1) is 19.2. The van der Waals surface area contributed by atoms with Crippen LogP contribution < -0.4 is 0 Å². The largest absolute Gasteiger partial charge is 0.416 e. The molecule has 2 aromatic carbocycles. The van der Waals surface area contributed by atoms with Gasteiger partial charge in [-0.1, -0.05) is 29.3 Å². The van der Waals surface area contributed by atoms with Gasteiger partial charge in [0.25, 0.3) is 5.91 Å². The molecule has 2 heterocycles. The van der Waals surface area contributed by atoms with Gasteiger partial charge in [-0.3, -0.25) is 9.59 Å². The number of nitrogens with zero attached hydrogens (tertiary/aromatic N) is 2. The Hall–Kier alpha value is -2.80. The molecule has 0 fully saturated rings. The van der Waals surface area contributed by atoms with E-state index < -0.39 is 53.4 Å². The second kappa shape index (κ2) is 12.2. The number of carbonyl (C=O) groups is 2. The van der Waals surface area contributed by atoms with Crippen LogP contribution in [0.5, 0.6) is 0 Å². The molecule has 0 saturated carbocycles. The highest BCUT2D eigenvalue weighted by molar-refractivity contribution is 7.10. The van der Waals surface area contributed by atoms with Crippen LogP contribution in [0.15, 0.2) is 47.8 Å². The molecule has 5 nitrogen and oxygen atoms in total. The summed E-state index contributed by atoms with van der Waals surface area (Å²) >= 11 is 14.1. The average molecular weight is 639 g/mol. The van der Waals surface area contributed by atoms with Gasteiger partial charge in [-0.05, 0) is 59.3 Å². The van der Waals surface area contributed by atoms with Gasteiger partial charge < -0.3 is 14.5 Å². The van der Waals surface area contributed by atoms with E-state index in [0.29, 0.717) is 34.2 Å². The second-order valence-corrected chi connectivity index (χ2v) is 11.1. The second-order valence-electron chi connectivity index (χ2n) is 9.22. The molecule has 41 heavy (non-hydrogen) atoms. The summed E-state index contributed by atoms with van der Waals surface area (Å²) < 4.78 is 85.5. The molecule has 0 saturated heterocycles.